The zero-order chi connectivity index (χ0) is 18.6. The second kappa shape index (κ2) is 7.25. The van der Waals surface area contributed by atoms with Crippen LogP contribution in [0.25, 0.3) is 16.9 Å². The summed E-state index contributed by atoms with van der Waals surface area (Å²) >= 11 is 0. The number of rotatable bonds is 5. The largest absolute Gasteiger partial charge is 0.467 e. The van der Waals surface area contributed by atoms with Crippen LogP contribution in [0, 0.1) is 5.82 Å². The van der Waals surface area contributed by atoms with Gasteiger partial charge in [-0.2, -0.15) is 5.10 Å². The van der Waals surface area contributed by atoms with E-state index in [4.69, 9.17) is 4.42 Å². The summed E-state index contributed by atoms with van der Waals surface area (Å²) in [5.41, 5.74) is 2.19. The van der Waals surface area contributed by atoms with Crippen molar-refractivity contribution in [2.45, 2.75) is 6.54 Å². The van der Waals surface area contributed by atoms with Gasteiger partial charge < -0.3 is 9.73 Å². The maximum absolute atomic E-state index is 13.7. The van der Waals surface area contributed by atoms with Crippen LogP contribution in [0.1, 0.15) is 16.1 Å². The molecule has 0 aliphatic heterocycles. The van der Waals surface area contributed by atoms with E-state index in [1.54, 1.807) is 59.7 Å². The highest BCUT2D eigenvalue weighted by Crippen LogP contribution is 2.26. The molecular weight excluding hydrogens is 347 g/mol. The van der Waals surface area contributed by atoms with E-state index in [1.165, 1.54) is 18.3 Å². The predicted molar refractivity (Wildman–Crippen MR) is 96.6 cm³/mol. The molecule has 0 saturated carbocycles. The monoisotopic (exact) mass is 362 g/mol. The van der Waals surface area contributed by atoms with Crippen LogP contribution in [-0.2, 0) is 6.54 Å². The quantitative estimate of drug-likeness (QED) is 0.589. The summed E-state index contributed by atoms with van der Waals surface area (Å²) < 4.78 is 20.5. The summed E-state index contributed by atoms with van der Waals surface area (Å²) in [7, 11) is 0. The molecule has 4 aromatic rings. The number of benzene rings is 1. The summed E-state index contributed by atoms with van der Waals surface area (Å²) in [6.45, 7) is 0.257. The number of aromatic nitrogens is 3. The normalized spacial score (nSPS) is 10.7. The van der Waals surface area contributed by atoms with E-state index >= 15 is 0 Å². The van der Waals surface area contributed by atoms with E-state index in [2.05, 4.69) is 15.4 Å². The molecule has 0 aliphatic carbocycles. The van der Waals surface area contributed by atoms with Gasteiger partial charge in [-0.25, -0.2) is 9.07 Å². The summed E-state index contributed by atoms with van der Waals surface area (Å²) in [4.78, 5) is 16.8. The molecule has 0 saturated heterocycles. The fraction of sp³-hybridized carbons (Fsp3) is 0.0500. The highest BCUT2D eigenvalue weighted by molar-refractivity contribution is 6.00. The van der Waals surface area contributed by atoms with Crippen LogP contribution in [0.2, 0.25) is 0 Å². The number of nitrogens with zero attached hydrogens (tertiary/aromatic N) is 3. The Labute approximate surface area is 154 Å². The van der Waals surface area contributed by atoms with Crippen molar-refractivity contribution in [1.82, 2.24) is 20.1 Å². The Balaban J connectivity index is 1.74. The lowest BCUT2D eigenvalue weighted by Crippen LogP contribution is -2.23. The average molecular weight is 362 g/mol. The molecule has 1 amide bonds. The fourth-order valence-electron chi connectivity index (χ4n) is 2.78. The predicted octanol–water partition coefficient (Wildman–Crippen LogP) is 3.60. The number of pyridine rings is 1. The van der Waals surface area contributed by atoms with Crippen LogP contribution in [0.15, 0.2) is 77.8 Å². The van der Waals surface area contributed by atoms with E-state index in [1.807, 2.05) is 0 Å². The molecule has 3 aromatic heterocycles. The molecule has 1 aromatic carbocycles. The second-order valence-corrected chi connectivity index (χ2v) is 5.80. The van der Waals surface area contributed by atoms with Gasteiger partial charge in [0, 0.05) is 18.0 Å². The third kappa shape index (κ3) is 3.48. The minimum Gasteiger partial charge on any atom is -0.467 e. The first-order chi connectivity index (χ1) is 13.2. The lowest BCUT2D eigenvalue weighted by Gasteiger charge is -2.10. The van der Waals surface area contributed by atoms with Crippen LogP contribution in [0.5, 0.6) is 0 Å². The minimum atomic E-state index is -0.382. The van der Waals surface area contributed by atoms with Crippen molar-refractivity contribution in [1.29, 1.82) is 0 Å². The van der Waals surface area contributed by atoms with E-state index in [9.17, 15) is 9.18 Å². The van der Waals surface area contributed by atoms with Crippen molar-refractivity contribution in [3.8, 4) is 16.9 Å². The van der Waals surface area contributed by atoms with Gasteiger partial charge in [-0.15, -0.1) is 0 Å². The molecule has 0 bridgehead atoms. The van der Waals surface area contributed by atoms with Crippen molar-refractivity contribution in [3.63, 3.8) is 0 Å². The molecule has 0 atom stereocenters. The molecule has 7 heteroatoms. The molecule has 0 unspecified atom stereocenters. The number of hydrogen-bond donors (Lipinski definition) is 1. The molecule has 1 N–H and O–H groups in total. The van der Waals surface area contributed by atoms with Gasteiger partial charge >= 0.3 is 0 Å². The Morgan fingerprint density at radius 1 is 1.15 bits per heavy atom. The first-order valence-corrected chi connectivity index (χ1v) is 8.27. The number of hydrogen-bond acceptors (Lipinski definition) is 4. The minimum absolute atomic E-state index is 0.257. The van der Waals surface area contributed by atoms with Crippen molar-refractivity contribution < 1.29 is 13.6 Å². The molecular formula is C20H15FN4O2. The molecule has 134 valence electrons. The van der Waals surface area contributed by atoms with Crippen molar-refractivity contribution in [2.24, 2.45) is 0 Å². The van der Waals surface area contributed by atoms with Gasteiger partial charge in [0.25, 0.3) is 5.91 Å². The average Bonchev–Trinajstić information content (AvgIpc) is 3.36. The topological polar surface area (TPSA) is 73.0 Å². The van der Waals surface area contributed by atoms with Crippen LogP contribution in [0.4, 0.5) is 4.39 Å². The zero-order valence-electron chi connectivity index (χ0n) is 14.2. The Morgan fingerprint density at radius 2 is 2.00 bits per heavy atom. The van der Waals surface area contributed by atoms with Gasteiger partial charge in [0.1, 0.15) is 11.6 Å². The maximum atomic E-state index is 13.7. The third-order valence-electron chi connectivity index (χ3n) is 4.02. The molecule has 6 nitrogen and oxygen atoms in total. The number of amides is 1. The van der Waals surface area contributed by atoms with Gasteiger partial charge in [-0.3, -0.25) is 9.78 Å². The lowest BCUT2D eigenvalue weighted by molar-refractivity contribution is 0.0948. The fourth-order valence-corrected chi connectivity index (χ4v) is 2.78. The van der Waals surface area contributed by atoms with Gasteiger partial charge in [0.15, 0.2) is 0 Å². The van der Waals surface area contributed by atoms with Crippen LogP contribution in [-0.4, -0.2) is 20.7 Å². The Hall–Kier alpha value is -3.74. The number of furan rings is 1. The van der Waals surface area contributed by atoms with Crippen LogP contribution >= 0.6 is 0 Å². The number of halogens is 1. The zero-order valence-corrected chi connectivity index (χ0v) is 14.2. The third-order valence-corrected chi connectivity index (χ3v) is 4.02. The Morgan fingerprint density at radius 3 is 2.74 bits per heavy atom. The van der Waals surface area contributed by atoms with E-state index < -0.39 is 0 Å². The first-order valence-electron chi connectivity index (χ1n) is 8.27. The van der Waals surface area contributed by atoms with Gasteiger partial charge in [-0.05, 0) is 42.5 Å². The number of carbonyl (C=O) groups is 1. The van der Waals surface area contributed by atoms with E-state index in [0.717, 1.165) is 5.56 Å². The molecule has 27 heavy (non-hydrogen) atoms. The van der Waals surface area contributed by atoms with E-state index in [0.29, 0.717) is 22.7 Å². The maximum Gasteiger partial charge on any atom is 0.255 e. The highest BCUT2D eigenvalue weighted by Gasteiger charge is 2.20. The highest BCUT2D eigenvalue weighted by atomic mass is 19.1. The SMILES string of the molecule is O=C(NCc1ccco1)c1cnn(-c2cccc(F)c2)c1-c1ccncc1. The number of carbonyl (C=O) groups excluding carboxylic acids is 1. The summed E-state index contributed by atoms with van der Waals surface area (Å²) in [5, 5.41) is 7.13. The molecule has 0 aliphatic rings. The standard InChI is InChI=1S/C20H15FN4O2/c21-15-3-1-4-16(11-15)25-19(14-6-8-22-9-7-14)18(13-24-25)20(26)23-12-17-5-2-10-27-17/h1-11,13H,12H2,(H,23,26). The second-order valence-electron chi connectivity index (χ2n) is 5.80. The van der Waals surface area contributed by atoms with Crippen molar-refractivity contribution in [2.75, 3.05) is 0 Å². The summed E-state index contributed by atoms with van der Waals surface area (Å²) in [6.07, 6.45) is 6.27. The summed E-state index contributed by atoms with van der Waals surface area (Å²) in [5.74, 6) is -0.0419. The number of nitrogens with one attached hydrogen (secondary N) is 1. The Kier molecular flexibility index (Phi) is 4.49. The lowest BCUT2D eigenvalue weighted by atomic mass is 10.1. The summed E-state index contributed by atoms with van der Waals surface area (Å²) in [6, 6.07) is 13.1. The molecule has 4 rings (SSSR count). The first kappa shape index (κ1) is 16.7. The molecule has 0 spiro atoms. The van der Waals surface area contributed by atoms with Gasteiger partial charge in [0.2, 0.25) is 0 Å². The molecule has 0 fully saturated rings. The van der Waals surface area contributed by atoms with Crippen LogP contribution < -0.4 is 5.32 Å². The smallest absolute Gasteiger partial charge is 0.255 e. The van der Waals surface area contributed by atoms with E-state index in [-0.39, 0.29) is 18.3 Å². The van der Waals surface area contributed by atoms with Gasteiger partial charge in [-0.1, -0.05) is 6.07 Å². The van der Waals surface area contributed by atoms with Gasteiger partial charge in [0.05, 0.1) is 35.9 Å². The molecule has 3 heterocycles. The molecule has 0 radical (unpaired) electrons. The van der Waals surface area contributed by atoms with Crippen molar-refractivity contribution in [3.05, 3.63) is 90.5 Å². The Bertz CT molecular complexity index is 1060. The van der Waals surface area contributed by atoms with Crippen LogP contribution in [0.3, 0.4) is 0 Å². The van der Waals surface area contributed by atoms with Crippen molar-refractivity contribution >= 4 is 5.91 Å².